The summed E-state index contributed by atoms with van der Waals surface area (Å²) in [5.41, 5.74) is 4.62. The number of carbonyl (C=O) groups excluding carboxylic acids is 3. The third-order valence-electron chi connectivity index (χ3n) is 9.46. The minimum Gasteiger partial charge on any atom is -0.457 e. The van der Waals surface area contributed by atoms with Crippen molar-refractivity contribution in [3.63, 3.8) is 0 Å². The lowest BCUT2D eigenvalue weighted by atomic mass is 9.54. The van der Waals surface area contributed by atoms with Gasteiger partial charge < -0.3 is 10.1 Å². The highest BCUT2D eigenvalue weighted by atomic mass is 35.5. The molecule has 0 aromatic heterocycles. The van der Waals surface area contributed by atoms with Gasteiger partial charge in [0.25, 0.3) is 0 Å². The summed E-state index contributed by atoms with van der Waals surface area (Å²) in [5, 5.41) is 2.84. The van der Waals surface area contributed by atoms with Gasteiger partial charge in [-0.25, -0.2) is 0 Å². The smallest absolute Gasteiger partial charge is 0.247 e. The average molecular weight is 640 g/mol. The number of rotatable bonds is 5. The van der Waals surface area contributed by atoms with Gasteiger partial charge in [-0.2, -0.15) is 0 Å². The summed E-state index contributed by atoms with van der Waals surface area (Å²) in [6.45, 7) is 8.02. The molecular weight excluding hydrogens is 607 g/mol. The van der Waals surface area contributed by atoms with E-state index >= 15 is 0 Å². The quantitative estimate of drug-likeness (QED) is 0.180. The zero-order chi connectivity index (χ0) is 31.9. The van der Waals surface area contributed by atoms with Crippen LogP contribution in [0.5, 0.6) is 11.5 Å². The highest BCUT2D eigenvalue weighted by Crippen LogP contribution is 2.69. The van der Waals surface area contributed by atoms with Crippen LogP contribution in [-0.4, -0.2) is 28.7 Å². The van der Waals surface area contributed by atoms with E-state index in [9.17, 15) is 14.4 Å². The van der Waals surface area contributed by atoms with Gasteiger partial charge >= 0.3 is 0 Å². The Morgan fingerprint density at radius 3 is 1.53 bits per heavy atom. The van der Waals surface area contributed by atoms with Crippen molar-refractivity contribution in [2.45, 2.75) is 48.9 Å². The van der Waals surface area contributed by atoms with Crippen LogP contribution in [0, 0.1) is 11.8 Å². The molecule has 1 N–H and O–H groups in total. The van der Waals surface area contributed by atoms with Gasteiger partial charge in [-0.3, -0.25) is 19.3 Å². The summed E-state index contributed by atoms with van der Waals surface area (Å²) in [5.74, 6) is -2.12. The number of halogens is 2. The summed E-state index contributed by atoms with van der Waals surface area (Å²) in [4.78, 5) is 40.3. The Kier molecular flexibility index (Phi) is 6.70. The molecule has 6 nitrogen and oxygen atoms in total. The number of anilines is 1. The van der Waals surface area contributed by atoms with Crippen LogP contribution in [0.2, 0.25) is 0 Å². The lowest BCUT2D eigenvalue weighted by Crippen LogP contribution is -2.57. The number of likely N-dealkylation sites (tertiary alicyclic amines) is 1. The van der Waals surface area contributed by atoms with Gasteiger partial charge in [0.1, 0.15) is 27.3 Å². The second-order valence-electron chi connectivity index (χ2n) is 13.1. The van der Waals surface area contributed by atoms with Crippen LogP contribution in [-0.2, 0) is 29.5 Å². The van der Waals surface area contributed by atoms with Gasteiger partial charge in [0.2, 0.25) is 17.7 Å². The van der Waals surface area contributed by atoms with Crippen LogP contribution >= 0.6 is 23.2 Å². The van der Waals surface area contributed by atoms with Crippen molar-refractivity contribution in [2.24, 2.45) is 11.8 Å². The Labute approximate surface area is 272 Å². The van der Waals surface area contributed by atoms with E-state index in [2.05, 4.69) is 26.1 Å². The molecule has 3 amide bonds. The maximum Gasteiger partial charge on any atom is 0.247 e. The lowest BCUT2D eigenvalue weighted by Gasteiger charge is -2.54. The minimum atomic E-state index is -1.30. The van der Waals surface area contributed by atoms with Crippen molar-refractivity contribution in [1.29, 1.82) is 0 Å². The number of nitrogens with zero attached hydrogens (tertiary/aromatic N) is 1. The predicted molar refractivity (Wildman–Crippen MR) is 175 cm³/mol. The molecule has 45 heavy (non-hydrogen) atoms. The summed E-state index contributed by atoms with van der Waals surface area (Å²) in [6, 6.07) is 28.7. The zero-order valence-corrected chi connectivity index (χ0v) is 26.8. The summed E-state index contributed by atoms with van der Waals surface area (Å²) < 4.78 is 5.98. The van der Waals surface area contributed by atoms with Crippen LogP contribution in [0.25, 0.3) is 0 Å². The summed E-state index contributed by atoms with van der Waals surface area (Å²) >= 11 is 15.0. The number of carbonyl (C=O) groups is 3. The topological polar surface area (TPSA) is 75.7 Å². The van der Waals surface area contributed by atoms with Crippen molar-refractivity contribution in [3.05, 3.63) is 125 Å². The fraction of sp³-hybridized carbons (Fsp3) is 0.270. The Balaban J connectivity index is 1.12. The monoisotopic (exact) mass is 638 g/mol. The first-order valence-corrected chi connectivity index (χ1v) is 15.8. The number of amides is 3. The average Bonchev–Trinajstić information content (AvgIpc) is 3.31. The van der Waals surface area contributed by atoms with Crippen LogP contribution in [0.3, 0.4) is 0 Å². The minimum absolute atomic E-state index is 0.0458. The lowest BCUT2D eigenvalue weighted by molar-refractivity contribution is -0.146. The van der Waals surface area contributed by atoms with Gasteiger partial charge in [0.15, 0.2) is 0 Å². The summed E-state index contributed by atoms with van der Waals surface area (Å²) in [6.07, 6.45) is 0. The van der Waals surface area contributed by atoms with E-state index in [-0.39, 0.29) is 5.41 Å². The van der Waals surface area contributed by atoms with Gasteiger partial charge in [0.05, 0.1) is 11.8 Å². The molecule has 0 radical (unpaired) electrons. The molecule has 4 aromatic carbocycles. The molecule has 3 aliphatic carbocycles. The molecule has 1 saturated heterocycles. The molecule has 1 heterocycles. The van der Waals surface area contributed by atoms with E-state index in [4.69, 9.17) is 27.9 Å². The molecule has 4 aromatic rings. The number of ether oxygens (including phenoxy) is 1. The third kappa shape index (κ3) is 4.26. The molecule has 8 heteroatoms. The maximum atomic E-state index is 14.2. The number of nitrogens with one attached hydrogen (secondary N) is 1. The predicted octanol–water partition coefficient (Wildman–Crippen LogP) is 7.70. The molecule has 0 unspecified atom stereocenters. The Morgan fingerprint density at radius 1 is 0.733 bits per heavy atom. The zero-order valence-electron chi connectivity index (χ0n) is 25.3. The van der Waals surface area contributed by atoms with Crippen LogP contribution < -0.4 is 10.1 Å². The Bertz CT molecular complexity index is 1740. The SMILES string of the molecule is C[C@@H](C(=O)Nc1ccc(Oc2ccc(C(C)(C)C)cc2)cc1)N1C(=O)[C@@H]2[C@H](C1=O)C1(Cl)c3ccccc3C2(Cl)c2ccccc21. The van der Waals surface area contributed by atoms with E-state index in [1.54, 1.807) is 31.2 Å². The second kappa shape index (κ2) is 10.2. The van der Waals surface area contributed by atoms with Crippen LogP contribution in [0.4, 0.5) is 5.69 Å². The largest absolute Gasteiger partial charge is 0.457 e. The molecule has 228 valence electrons. The molecule has 0 saturated carbocycles. The van der Waals surface area contributed by atoms with Crippen molar-refractivity contribution < 1.29 is 19.1 Å². The first kappa shape index (κ1) is 29.6. The fourth-order valence-corrected chi connectivity index (χ4v) is 8.30. The molecule has 3 atom stereocenters. The molecule has 8 rings (SSSR count). The molecular formula is C37H32Cl2N2O4. The number of hydrogen-bond donors (Lipinski definition) is 1. The number of imide groups is 1. The van der Waals surface area contributed by atoms with E-state index in [0.29, 0.717) is 39.4 Å². The highest BCUT2D eigenvalue weighted by molar-refractivity contribution is 6.36. The fourth-order valence-electron chi connectivity index (χ4n) is 7.20. The van der Waals surface area contributed by atoms with Gasteiger partial charge in [-0.15, -0.1) is 23.2 Å². The van der Waals surface area contributed by atoms with Crippen molar-refractivity contribution in [1.82, 2.24) is 4.90 Å². The molecule has 0 spiro atoms. The first-order valence-electron chi connectivity index (χ1n) is 15.0. The van der Waals surface area contributed by atoms with E-state index in [1.807, 2.05) is 72.8 Å². The van der Waals surface area contributed by atoms with E-state index < -0.39 is 45.3 Å². The van der Waals surface area contributed by atoms with Crippen molar-refractivity contribution in [3.8, 4) is 11.5 Å². The van der Waals surface area contributed by atoms with Crippen LogP contribution in [0.1, 0.15) is 55.5 Å². The number of benzene rings is 4. The Hall–Kier alpha value is -4.13. The van der Waals surface area contributed by atoms with Crippen LogP contribution in [0.15, 0.2) is 97.1 Å². The van der Waals surface area contributed by atoms with Gasteiger partial charge in [-0.05, 0) is 76.6 Å². The second-order valence-corrected chi connectivity index (χ2v) is 14.3. The van der Waals surface area contributed by atoms with E-state index in [0.717, 1.165) is 4.90 Å². The third-order valence-corrected chi connectivity index (χ3v) is 10.7. The molecule has 2 bridgehead atoms. The number of hydrogen-bond acceptors (Lipinski definition) is 4. The summed E-state index contributed by atoms with van der Waals surface area (Å²) in [7, 11) is 0. The Morgan fingerprint density at radius 2 is 1.13 bits per heavy atom. The molecule has 4 aliphatic rings. The van der Waals surface area contributed by atoms with Gasteiger partial charge in [-0.1, -0.05) is 81.4 Å². The first-order chi connectivity index (χ1) is 21.4. The molecule has 1 fully saturated rings. The van der Waals surface area contributed by atoms with Gasteiger partial charge in [0, 0.05) is 5.69 Å². The normalized spacial score (nSPS) is 25.3. The highest BCUT2D eigenvalue weighted by Gasteiger charge is 2.73. The standard InChI is InChI=1S/C37H32Cl2N2O4/c1-21(32(42)40-23-15-19-25(20-16-23)45-24-17-13-22(14-18-24)35(2,3)4)41-33(43)30-31(34(41)44)37(39)27-10-6-5-9-26(27)36(30,38)28-11-7-8-12-29(28)37/h5-21,30-31H,1-4H3,(H,40,42)/t21-,30-,31+,36?,37?/m0/s1. The van der Waals surface area contributed by atoms with E-state index in [1.165, 1.54) is 5.56 Å². The maximum absolute atomic E-state index is 14.2. The number of alkyl halides is 2. The van der Waals surface area contributed by atoms with Crippen molar-refractivity contribution >= 4 is 46.6 Å². The molecule has 1 aliphatic heterocycles. The van der Waals surface area contributed by atoms with Crippen molar-refractivity contribution in [2.75, 3.05) is 5.32 Å².